The van der Waals surface area contributed by atoms with E-state index in [0.717, 1.165) is 4.90 Å². The lowest BCUT2D eigenvalue weighted by Crippen LogP contribution is -2.54. The molecule has 2 aromatic rings. The maximum atomic E-state index is 12.6. The average Bonchev–Trinajstić information content (AvgIpc) is 2.60. The van der Waals surface area contributed by atoms with E-state index in [2.05, 4.69) is 20.6 Å². The van der Waals surface area contributed by atoms with Gasteiger partial charge in [-0.2, -0.15) is 0 Å². The summed E-state index contributed by atoms with van der Waals surface area (Å²) in [5.41, 5.74) is -0.595. The van der Waals surface area contributed by atoms with Gasteiger partial charge in [-0.25, -0.2) is 9.78 Å². The van der Waals surface area contributed by atoms with Gasteiger partial charge in [0, 0.05) is 16.8 Å². The Morgan fingerprint density at radius 1 is 1.14 bits per heavy atom. The monoisotopic (exact) mass is 419 g/mol. The Balaban J connectivity index is 2.18. The molecule has 0 aliphatic rings. The molecule has 1 atom stereocenters. The zero-order chi connectivity index (χ0) is 21.8. The predicted octanol–water partition coefficient (Wildman–Crippen LogP) is 3.49. The summed E-state index contributed by atoms with van der Waals surface area (Å²) in [7, 11) is 0. The van der Waals surface area contributed by atoms with E-state index in [1.54, 1.807) is 32.9 Å². The lowest BCUT2D eigenvalue weighted by atomic mass is 10.0. The second-order valence-corrected chi connectivity index (χ2v) is 7.65. The van der Waals surface area contributed by atoms with Crippen molar-refractivity contribution >= 4 is 41.1 Å². The Morgan fingerprint density at radius 2 is 1.76 bits per heavy atom. The summed E-state index contributed by atoms with van der Waals surface area (Å²) in [6, 6.07) is 6.72. The van der Waals surface area contributed by atoms with Gasteiger partial charge in [0.15, 0.2) is 0 Å². The van der Waals surface area contributed by atoms with E-state index >= 15 is 0 Å². The van der Waals surface area contributed by atoms with Crippen LogP contribution in [0.1, 0.15) is 38.2 Å². The van der Waals surface area contributed by atoms with Crippen LogP contribution in [0.4, 0.5) is 16.4 Å². The molecular weight excluding hydrogens is 398 g/mol. The van der Waals surface area contributed by atoms with Crippen molar-refractivity contribution in [2.24, 2.45) is 0 Å². The number of carboxylic acid groups (broad SMARTS) is 1. The lowest BCUT2D eigenvalue weighted by Gasteiger charge is -2.37. The summed E-state index contributed by atoms with van der Waals surface area (Å²) in [4.78, 5) is 45.5. The molecule has 0 aliphatic heterocycles. The highest BCUT2D eigenvalue weighted by atomic mass is 35.5. The van der Waals surface area contributed by atoms with Gasteiger partial charge in [-0.1, -0.05) is 17.7 Å². The number of nitrogens with one attached hydrogen (secondary N) is 2. The molecule has 3 amide bonds. The molecule has 2 aromatic heterocycles. The van der Waals surface area contributed by atoms with Crippen LogP contribution in [0.5, 0.6) is 0 Å². The highest BCUT2D eigenvalue weighted by Gasteiger charge is 2.34. The molecule has 2 rings (SSSR count). The van der Waals surface area contributed by atoms with E-state index in [0.29, 0.717) is 0 Å². The third-order valence-corrected chi connectivity index (χ3v) is 4.09. The molecule has 10 heteroatoms. The first-order chi connectivity index (χ1) is 13.5. The van der Waals surface area contributed by atoms with Crippen LogP contribution in [-0.2, 0) is 4.79 Å². The minimum Gasteiger partial charge on any atom is -0.465 e. The molecule has 29 heavy (non-hydrogen) atoms. The molecule has 9 nitrogen and oxygen atoms in total. The summed E-state index contributed by atoms with van der Waals surface area (Å²) in [5.74, 6) is -0.887. The van der Waals surface area contributed by atoms with Crippen molar-refractivity contribution in [3.8, 4) is 0 Å². The van der Waals surface area contributed by atoms with Gasteiger partial charge in [0.05, 0.1) is 0 Å². The Hall–Kier alpha value is -3.20. The largest absolute Gasteiger partial charge is 0.465 e. The van der Waals surface area contributed by atoms with Crippen LogP contribution < -0.4 is 10.6 Å². The number of pyridine rings is 2. The number of halogens is 1. The molecule has 0 radical (unpaired) electrons. The smallest absolute Gasteiger partial charge is 0.408 e. The molecule has 0 aromatic carbocycles. The van der Waals surface area contributed by atoms with Crippen LogP contribution in [0.3, 0.4) is 0 Å². The molecule has 0 fully saturated rings. The maximum absolute atomic E-state index is 12.6. The first-order valence-electron chi connectivity index (χ1n) is 8.72. The van der Waals surface area contributed by atoms with Crippen molar-refractivity contribution < 1.29 is 19.5 Å². The average molecular weight is 420 g/mol. The van der Waals surface area contributed by atoms with Crippen molar-refractivity contribution in [3.63, 3.8) is 0 Å². The molecular formula is C19H22ClN5O4. The minimum atomic E-state index is -1.22. The number of nitrogens with zero attached hydrogens (tertiary/aromatic N) is 3. The van der Waals surface area contributed by atoms with E-state index in [1.807, 2.05) is 0 Å². The zero-order valence-corrected chi connectivity index (χ0v) is 17.2. The number of carbonyl (C=O) groups is 3. The number of hydrogen-bond acceptors (Lipinski definition) is 5. The van der Waals surface area contributed by atoms with Gasteiger partial charge in [0.25, 0.3) is 5.91 Å². The first-order valence-corrected chi connectivity index (χ1v) is 9.10. The Morgan fingerprint density at radius 3 is 2.28 bits per heavy atom. The fraction of sp³-hybridized carbons (Fsp3) is 0.316. The van der Waals surface area contributed by atoms with E-state index in [1.165, 1.54) is 31.3 Å². The summed E-state index contributed by atoms with van der Waals surface area (Å²) in [6.45, 7) is 6.54. The van der Waals surface area contributed by atoms with Gasteiger partial charge in [-0.3, -0.25) is 19.5 Å². The van der Waals surface area contributed by atoms with Crippen molar-refractivity contribution in [1.29, 1.82) is 0 Å². The predicted molar refractivity (Wildman–Crippen MR) is 109 cm³/mol. The molecule has 0 aliphatic carbocycles. The van der Waals surface area contributed by atoms with Gasteiger partial charge in [-0.05, 0) is 52.0 Å². The Kier molecular flexibility index (Phi) is 6.76. The highest BCUT2D eigenvalue weighted by Crippen LogP contribution is 2.21. The van der Waals surface area contributed by atoms with Gasteiger partial charge in [0.2, 0.25) is 5.91 Å². The van der Waals surface area contributed by atoms with Gasteiger partial charge < -0.3 is 15.7 Å². The van der Waals surface area contributed by atoms with Crippen molar-refractivity contribution in [1.82, 2.24) is 14.9 Å². The fourth-order valence-corrected chi connectivity index (χ4v) is 2.89. The number of anilines is 2. The van der Waals surface area contributed by atoms with Crippen LogP contribution in [-0.4, -0.2) is 49.5 Å². The third-order valence-electron chi connectivity index (χ3n) is 3.88. The molecule has 154 valence electrons. The maximum Gasteiger partial charge on any atom is 0.408 e. The standard InChI is InChI=1S/C19H22ClN5O4/c1-11(25(18(28)29)19(2,3)4)16(26)23-14-9-12(20)10-15(22-14)24-17(27)13-7-5-6-8-21-13/h5-11H,1-4H3,(H,28,29)(H2,22,23,24,26,27). The van der Waals surface area contributed by atoms with Gasteiger partial charge in [-0.15, -0.1) is 0 Å². The van der Waals surface area contributed by atoms with Crippen LogP contribution >= 0.6 is 11.6 Å². The molecule has 3 N–H and O–H groups in total. The number of aromatic nitrogens is 2. The van der Waals surface area contributed by atoms with Gasteiger partial charge >= 0.3 is 6.09 Å². The second-order valence-electron chi connectivity index (χ2n) is 7.21. The van der Waals surface area contributed by atoms with E-state index < -0.39 is 29.5 Å². The third kappa shape index (κ3) is 5.89. The van der Waals surface area contributed by atoms with Crippen molar-refractivity contribution in [2.45, 2.75) is 39.3 Å². The van der Waals surface area contributed by atoms with Crippen LogP contribution in [0.2, 0.25) is 5.02 Å². The summed E-state index contributed by atoms with van der Waals surface area (Å²) in [5, 5.41) is 14.8. The van der Waals surface area contributed by atoms with Gasteiger partial charge in [0.1, 0.15) is 23.4 Å². The van der Waals surface area contributed by atoms with Crippen LogP contribution in [0.25, 0.3) is 0 Å². The number of hydrogen-bond donors (Lipinski definition) is 3. The number of carbonyl (C=O) groups excluding carboxylic acids is 2. The van der Waals surface area contributed by atoms with Crippen molar-refractivity contribution in [3.05, 3.63) is 47.2 Å². The lowest BCUT2D eigenvalue weighted by molar-refractivity contribution is -0.121. The van der Waals surface area contributed by atoms with Crippen LogP contribution in [0.15, 0.2) is 36.5 Å². The second kappa shape index (κ2) is 8.87. The molecule has 0 saturated heterocycles. The highest BCUT2D eigenvalue weighted by molar-refractivity contribution is 6.31. The topological polar surface area (TPSA) is 125 Å². The minimum absolute atomic E-state index is 0.0740. The first kappa shape index (κ1) is 22.1. The van der Waals surface area contributed by atoms with Crippen molar-refractivity contribution in [2.75, 3.05) is 10.6 Å². The number of amides is 3. The van der Waals surface area contributed by atoms with E-state index in [4.69, 9.17) is 11.6 Å². The normalized spacial score (nSPS) is 12.0. The Bertz CT molecular complexity index is 915. The summed E-state index contributed by atoms with van der Waals surface area (Å²) < 4.78 is 0. The molecule has 2 heterocycles. The number of rotatable bonds is 5. The molecule has 0 bridgehead atoms. The summed E-state index contributed by atoms with van der Waals surface area (Å²) >= 11 is 6.07. The van der Waals surface area contributed by atoms with Crippen LogP contribution in [0, 0.1) is 0 Å². The van der Waals surface area contributed by atoms with E-state index in [9.17, 15) is 19.5 Å². The SMILES string of the molecule is CC(C(=O)Nc1cc(Cl)cc(NC(=O)c2ccccn2)n1)N(C(=O)O)C(C)(C)C. The fourth-order valence-electron chi connectivity index (χ4n) is 2.68. The van der Waals surface area contributed by atoms with E-state index in [-0.39, 0.29) is 22.4 Å². The molecule has 0 saturated carbocycles. The molecule has 0 spiro atoms. The summed E-state index contributed by atoms with van der Waals surface area (Å²) in [6.07, 6.45) is 0.263. The quantitative estimate of drug-likeness (QED) is 0.681. The zero-order valence-electron chi connectivity index (χ0n) is 16.4. The molecule has 1 unspecified atom stereocenters. The Labute approximate surface area is 173 Å².